The van der Waals surface area contributed by atoms with Gasteiger partial charge in [-0.2, -0.15) is 5.21 Å². The number of hydrogen-bond acceptors (Lipinski definition) is 6. The zero-order valence-electron chi connectivity index (χ0n) is 10.7. The number of carboxylic acid groups (broad SMARTS) is 1. The van der Waals surface area contributed by atoms with Crippen molar-refractivity contribution in [3.63, 3.8) is 0 Å². The molecule has 0 radical (unpaired) electrons. The highest BCUT2D eigenvalue weighted by molar-refractivity contribution is 7.14. The fourth-order valence-corrected chi connectivity index (χ4v) is 2.70. The predicted molar refractivity (Wildman–Crippen MR) is 84.2 cm³/mol. The molecule has 10 heteroatoms. The van der Waals surface area contributed by atoms with E-state index in [-0.39, 0.29) is 11.5 Å². The lowest BCUT2D eigenvalue weighted by atomic mass is 10.2. The van der Waals surface area contributed by atoms with Gasteiger partial charge in [0, 0.05) is 10.9 Å². The van der Waals surface area contributed by atoms with Crippen LogP contribution in [0.4, 0.5) is 10.9 Å². The molecule has 0 fully saturated rings. The maximum atomic E-state index is 11.0. The average molecular weight is 356 g/mol. The molecule has 0 unspecified atom stereocenters. The molecule has 0 aliphatic heterocycles. The SMILES string of the molecule is O=C(O)c1n[nH]nc1Nc1nc(-c2ccc(Cl)c(Cl)c2)cs1. The van der Waals surface area contributed by atoms with E-state index in [2.05, 4.69) is 25.7 Å². The lowest BCUT2D eigenvalue weighted by molar-refractivity contribution is 0.0691. The van der Waals surface area contributed by atoms with Crippen LogP contribution in [0.25, 0.3) is 11.3 Å². The fraction of sp³-hybridized carbons (Fsp3) is 0. The Bertz CT molecular complexity index is 848. The molecule has 2 heterocycles. The number of nitrogens with one attached hydrogen (secondary N) is 2. The third kappa shape index (κ3) is 2.89. The van der Waals surface area contributed by atoms with Crippen LogP contribution in [0.1, 0.15) is 10.5 Å². The van der Waals surface area contributed by atoms with Crippen molar-refractivity contribution in [2.45, 2.75) is 0 Å². The van der Waals surface area contributed by atoms with Gasteiger partial charge in [-0.05, 0) is 12.1 Å². The zero-order chi connectivity index (χ0) is 15.7. The largest absolute Gasteiger partial charge is 0.476 e. The van der Waals surface area contributed by atoms with Crippen LogP contribution in [0.5, 0.6) is 0 Å². The number of rotatable bonds is 4. The van der Waals surface area contributed by atoms with E-state index in [0.29, 0.717) is 20.9 Å². The van der Waals surface area contributed by atoms with Gasteiger partial charge in [-0.1, -0.05) is 29.3 Å². The van der Waals surface area contributed by atoms with Crippen molar-refractivity contribution in [2.24, 2.45) is 0 Å². The minimum absolute atomic E-state index is 0.0996. The molecular formula is C12H7Cl2N5O2S. The van der Waals surface area contributed by atoms with Crippen molar-refractivity contribution in [3.8, 4) is 11.3 Å². The van der Waals surface area contributed by atoms with Gasteiger partial charge in [-0.15, -0.1) is 21.5 Å². The van der Waals surface area contributed by atoms with Gasteiger partial charge < -0.3 is 10.4 Å². The van der Waals surface area contributed by atoms with Crippen LogP contribution >= 0.6 is 34.5 Å². The molecule has 0 aliphatic rings. The topological polar surface area (TPSA) is 104 Å². The van der Waals surface area contributed by atoms with Gasteiger partial charge in [-0.25, -0.2) is 9.78 Å². The normalized spacial score (nSPS) is 10.6. The summed E-state index contributed by atoms with van der Waals surface area (Å²) in [5, 5.41) is 24.5. The molecule has 3 N–H and O–H groups in total. The number of anilines is 2. The second kappa shape index (κ2) is 5.91. The van der Waals surface area contributed by atoms with Crippen LogP contribution in [0, 0.1) is 0 Å². The first-order chi connectivity index (χ1) is 10.5. The zero-order valence-corrected chi connectivity index (χ0v) is 13.0. The molecule has 0 spiro atoms. The highest BCUT2D eigenvalue weighted by Gasteiger charge is 2.16. The first-order valence-electron chi connectivity index (χ1n) is 5.86. The van der Waals surface area contributed by atoms with Crippen LogP contribution in [0.3, 0.4) is 0 Å². The Kier molecular flexibility index (Phi) is 3.97. The Morgan fingerprint density at radius 1 is 1.27 bits per heavy atom. The van der Waals surface area contributed by atoms with Crippen molar-refractivity contribution >= 4 is 51.5 Å². The van der Waals surface area contributed by atoms with Crippen LogP contribution in [-0.4, -0.2) is 31.5 Å². The number of benzene rings is 1. The standard InChI is InChI=1S/C12H7Cl2N5O2S/c13-6-2-1-5(3-7(6)14)8-4-22-12(15-8)16-10-9(11(20)21)17-19-18-10/h1-4H,(H,20,21)(H2,15,16,17,18,19). The van der Waals surface area contributed by atoms with Crippen LogP contribution in [0.15, 0.2) is 23.6 Å². The fourth-order valence-electron chi connectivity index (χ4n) is 1.69. The molecule has 22 heavy (non-hydrogen) atoms. The number of aromatic nitrogens is 4. The van der Waals surface area contributed by atoms with E-state index >= 15 is 0 Å². The summed E-state index contributed by atoms with van der Waals surface area (Å²) < 4.78 is 0. The molecule has 3 aromatic rings. The van der Waals surface area contributed by atoms with Crippen molar-refractivity contribution in [2.75, 3.05) is 5.32 Å². The molecule has 0 saturated carbocycles. The quantitative estimate of drug-likeness (QED) is 0.659. The van der Waals surface area contributed by atoms with Gasteiger partial charge in [0.1, 0.15) is 0 Å². The maximum Gasteiger partial charge on any atom is 0.360 e. The number of nitrogens with zero attached hydrogens (tertiary/aromatic N) is 3. The highest BCUT2D eigenvalue weighted by Crippen LogP contribution is 2.31. The van der Waals surface area contributed by atoms with Gasteiger partial charge in [-0.3, -0.25) is 0 Å². The van der Waals surface area contributed by atoms with Crippen molar-refractivity contribution in [1.82, 2.24) is 20.4 Å². The van der Waals surface area contributed by atoms with E-state index in [1.807, 2.05) is 5.38 Å². The van der Waals surface area contributed by atoms with E-state index in [9.17, 15) is 4.79 Å². The van der Waals surface area contributed by atoms with Gasteiger partial charge in [0.15, 0.2) is 10.9 Å². The summed E-state index contributed by atoms with van der Waals surface area (Å²) in [6.07, 6.45) is 0. The molecule has 0 bridgehead atoms. The Hall–Kier alpha value is -2.16. The first kappa shape index (κ1) is 14.8. The first-order valence-corrected chi connectivity index (χ1v) is 7.50. The number of carbonyl (C=O) groups is 1. The summed E-state index contributed by atoms with van der Waals surface area (Å²) in [7, 11) is 0. The van der Waals surface area contributed by atoms with Gasteiger partial charge in [0.25, 0.3) is 0 Å². The molecule has 2 aromatic heterocycles. The van der Waals surface area contributed by atoms with Crippen molar-refractivity contribution in [1.29, 1.82) is 0 Å². The minimum atomic E-state index is -1.18. The van der Waals surface area contributed by atoms with Gasteiger partial charge >= 0.3 is 5.97 Å². The van der Waals surface area contributed by atoms with Crippen LogP contribution in [0.2, 0.25) is 10.0 Å². The number of aromatic amines is 1. The minimum Gasteiger partial charge on any atom is -0.476 e. The van der Waals surface area contributed by atoms with Crippen LogP contribution < -0.4 is 5.32 Å². The highest BCUT2D eigenvalue weighted by atomic mass is 35.5. The summed E-state index contributed by atoms with van der Waals surface area (Å²) in [4.78, 5) is 15.3. The van der Waals surface area contributed by atoms with E-state index in [1.165, 1.54) is 11.3 Å². The molecule has 3 rings (SSSR count). The van der Waals surface area contributed by atoms with Crippen molar-refractivity contribution < 1.29 is 9.90 Å². The van der Waals surface area contributed by atoms with E-state index in [0.717, 1.165) is 5.56 Å². The summed E-state index contributed by atoms with van der Waals surface area (Å²) >= 11 is 13.2. The molecule has 7 nitrogen and oxygen atoms in total. The number of hydrogen-bond donors (Lipinski definition) is 3. The number of H-pyrrole nitrogens is 1. The molecule has 1 aromatic carbocycles. The lowest BCUT2D eigenvalue weighted by Gasteiger charge is -2.00. The Morgan fingerprint density at radius 2 is 2.09 bits per heavy atom. The number of halogens is 2. The molecule has 0 saturated heterocycles. The van der Waals surface area contributed by atoms with Crippen LogP contribution in [-0.2, 0) is 0 Å². The molecule has 0 aliphatic carbocycles. The Morgan fingerprint density at radius 3 is 2.82 bits per heavy atom. The lowest BCUT2D eigenvalue weighted by Crippen LogP contribution is -2.02. The molecular weight excluding hydrogens is 349 g/mol. The van der Waals surface area contributed by atoms with Gasteiger partial charge in [0.05, 0.1) is 15.7 Å². The molecule has 0 amide bonds. The monoisotopic (exact) mass is 355 g/mol. The molecule has 0 atom stereocenters. The second-order valence-corrected chi connectivity index (χ2v) is 5.79. The second-order valence-electron chi connectivity index (χ2n) is 4.12. The summed E-state index contributed by atoms with van der Waals surface area (Å²) in [6, 6.07) is 5.19. The summed E-state index contributed by atoms with van der Waals surface area (Å²) in [6.45, 7) is 0. The van der Waals surface area contributed by atoms with Crippen molar-refractivity contribution in [3.05, 3.63) is 39.3 Å². The summed E-state index contributed by atoms with van der Waals surface area (Å²) in [5.41, 5.74) is 1.29. The molecule has 112 valence electrons. The number of aromatic carboxylic acids is 1. The third-order valence-electron chi connectivity index (χ3n) is 2.70. The predicted octanol–water partition coefficient (Wildman–Crippen LogP) is 3.68. The van der Waals surface area contributed by atoms with E-state index in [4.69, 9.17) is 28.3 Å². The van der Waals surface area contributed by atoms with E-state index in [1.54, 1.807) is 18.2 Å². The Balaban J connectivity index is 1.86. The third-order valence-corrected chi connectivity index (χ3v) is 4.19. The Labute approximate surface area is 137 Å². The smallest absolute Gasteiger partial charge is 0.360 e. The number of thiazole rings is 1. The number of carboxylic acids is 1. The summed E-state index contributed by atoms with van der Waals surface area (Å²) in [5.74, 6) is -1.08. The van der Waals surface area contributed by atoms with Gasteiger partial charge in [0.2, 0.25) is 5.69 Å². The average Bonchev–Trinajstić information content (AvgIpc) is 3.11. The van der Waals surface area contributed by atoms with E-state index < -0.39 is 5.97 Å². The maximum absolute atomic E-state index is 11.0.